The zero-order chi connectivity index (χ0) is 18.2. The molecule has 0 saturated carbocycles. The Morgan fingerprint density at radius 3 is 2.50 bits per heavy atom. The number of hydrogen-bond donors (Lipinski definition) is 1. The van der Waals surface area contributed by atoms with Crippen LogP contribution in [0.1, 0.15) is 11.1 Å². The van der Waals surface area contributed by atoms with E-state index in [2.05, 4.69) is 15.5 Å². The minimum Gasteiger partial charge on any atom is -0.300 e. The monoisotopic (exact) mass is 405 g/mol. The third-order valence-electron chi connectivity index (χ3n) is 3.27. The van der Waals surface area contributed by atoms with E-state index >= 15 is 0 Å². The Hall–Kier alpha value is -1.90. The second-order valence-electron chi connectivity index (χ2n) is 5.31. The van der Waals surface area contributed by atoms with Crippen molar-refractivity contribution in [2.24, 2.45) is 0 Å². The third-order valence-corrected chi connectivity index (χ3v) is 6.32. The van der Waals surface area contributed by atoms with Crippen LogP contribution >= 0.6 is 34.9 Å². The van der Waals surface area contributed by atoms with Gasteiger partial charge in [-0.25, -0.2) is 4.39 Å². The molecule has 0 aliphatic carbocycles. The molecule has 0 aliphatic heterocycles. The molecule has 1 N–H and O–H groups in total. The summed E-state index contributed by atoms with van der Waals surface area (Å²) in [5, 5.41) is 11.3. The Morgan fingerprint density at radius 2 is 1.73 bits per heavy atom. The molecule has 8 heteroatoms. The summed E-state index contributed by atoms with van der Waals surface area (Å²) in [5.41, 5.74) is 2.20. The SMILES string of the molecule is O=C(CSCc1ccccc1)Nc1nnc(SCc2ccc(F)cc2)s1. The molecule has 2 aromatic carbocycles. The summed E-state index contributed by atoms with van der Waals surface area (Å²) in [6, 6.07) is 16.4. The molecule has 0 saturated heterocycles. The van der Waals surface area contributed by atoms with Gasteiger partial charge in [-0.1, -0.05) is 65.6 Å². The van der Waals surface area contributed by atoms with Crippen molar-refractivity contribution in [2.45, 2.75) is 15.8 Å². The number of amides is 1. The van der Waals surface area contributed by atoms with Crippen LogP contribution < -0.4 is 5.32 Å². The first-order valence-corrected chi connectivity index (χ1v) is 10.8. The molecular formula is C18H16FN3OS3. The van der Waals surface area contributed by atoms with Gasteiger partial charge in [-0.2, -0.15) is 0 Å². The van der Waals surface area contributed by atoms with E-state index in [9.17, 15) is 9.18 Å². The summed E-state index contributed by atoms with van der Waals surface area (Å²) >= 11 is 4.41. The highest BCUT2D eigenvalue weighted by Gasteiger charge is 2.09. The minimum atomic E-state index is -0.246. The number of carbonyl (C=O) groups excluding carboxylic acids is 1. The van der Waals surface area contributed by atoms with Gasteiger partial charge in [0.15, 0.2) is 4.34 Å². The molecule has 3 rings (SSSR count). The van der Waals surface area contributed by atoms with Gasteiger partial charge in [-0.3, -0.25) is 10.1 Å². The van der Waals surface area contributed by atoms with Gasteiger partial charge in [0.05, 0.1) is 5.75 Å². The molecule has 1 heterocycles. The van der Waals surface area contributed by atoms with Crippen molar-refractivity contribution in [3.63, 3.8) is 0 Å². The van der Waals surface area contributed by atoms with Gasteiger partial charge in [0, 0.05) is 11.5 Å². The highest BCUT2D eigenvalue weighted by atomic mass is 32.2. The summed E-state index contributed by atoms with van der Waals surface area (Å²) in [4.78, 5) is 12.0. The van der Waals surface area contributed by atoms with E-state index in [1.54, 1.807) is 23.9 Å². The minimum absolute atomic E-state index is 0.0860. The zero-order valence-corrected chi connectivity index (χ0v) is 16.2. The average Bonchev–Trinajstić information content (AvgIpc) is 3.09. The topological polar surface area (TPSA) is 54.9 Å². The van der Waals surface area contributed by atoms with Crippen LogP contribution in [0.25, 0.3) is 0 Å². The first kappa shape index (κ1) is 18.9. The fraction of sp³-hybridized carbons (Fsp3) is 0.167. The fourth-order valence-corrected chi connectivity index (χ4v) is 4.55. The van der Waals surface area contributed by atoms with Gasteiger partial charge >= 0.3 is 0 Å². The highest BCUT2D eigenvalue weighted by molar-refractivity contribution is 8.00. The van der Waals surface area contributed by atoms with Crippen LogP contribution in [0.5, 0.6) is 0 Å². The van der Waals surface area contributed by atoms with Crippen molar-refractivity contribution in [1.29, 1.82) is 0 Å². The largest absolute Gasteiger partial charge is 0.300 e. The quantitative estimate of drug-likeness (QED) is 0.429. The standard InChI is InChI=1S/C18H16FN3OS3/c19-15-8-6-14(7-9-15)11-25-18-22-21-17(26-18)20-16(23)12-24-10-13-4-2-1-3-5-13/h1-9H,10-12H2,(H,20,21,23). The smallest absolute Gasteiger partial charge is 0.236 e. The number of benzene rings is 2. The lowest BCUT2D eigenvalue weighted by Crippen LogP contribution is -2.13. The van der Waals surface area contributed by atoms with Crippen molar-refractivity contribution in [2.75, 3.05) is 11.1 Å². The number of anilines is 1. The molecule has 1 amide bonds. The molecule has 0 radical (unpaired) electrons. The van der Waals surface area contributed by atoms with Gasteiger partial charge in [0.25, 0.3) is 0 Å². The number of halogens is 1. The molecule has 3 aromatic rings. The maximum Gasteiger partial charge on any atom is 0.236 e. The number of nitrogens with zero attached hydrogens (tertiary/aromatic N) is 2. The van der Waals surface area contributed by atoms with Crippen molar-refractivity contribution in [3.05, 3.63) is 71.5 Å². The van der Waals surface area contributed by atoms with Gasteiger partial charge < -0.3 is 0 Å². The second-order valence-corrected chi connectivity index (χ2v) is 8.50. The van der Waals surface area contributed by atoms with Gasteiger partial charge in [0.1, 0.15) is 5.82 Å². The number of hydrogen-bond acceptors (Lipinski definition) is 6. The number of carbonyl (C=O) groups is 1. The molecule has 0 spiro atoms. The molecule has 0 bridgehead atoms. The Balaban J connectivity index is 1.41. The summed E-state index contributed by atoms with van der Waals surface area (Å²) < 4.78 is 13.7. The number of aromatic nitrogens is 2. The average molecular weight is 406 g/mol. The summed E-state index contributed by atoms with van der Waals surface area (Å²) in [6.45, 7) is 0. The first-order valence-electron chi connectivity index (χ1n) is 7.81. The lowest BCUT2D eigenvalue weighted by molar-refractivity contribution is -0.113. The van der Waals surface area contributed by atoms with Crippen LogP contribution in [0.15, 0.2) is 58.9 Å². The predicted molar refractivity (Wildman–Crippen MR) is 107 cm³/mol. The van der Waals surface area contributed by atoms with Crippen LogP contribution in [-0.4, -0.2) is 21.9 Å². The summed E-state index contributed by atoms with van der Waals surface area (Å²) in [6.07, 6.45) is 0. The maximum absolute atomic E-state index is 12.9. The van der Waals surface area contributed by atoms with E-state index < -0.39 is 0 Å². The molecule has 0 atom stereocenters. The Labute approximate surface area is 163 Å². The lowest BCUT2D eigenvalue weighted by atomic mass is 10.2. The van der Waals surface area contributed by atoms with E-state index in [1.165, 1.54) is 40.8 Å². The van der Waals surface area contributed by atoms with Crippen LogP contribution in [0, 0.1) is 5.82 Å². The zero-order valence-electron chi connectivity index (χ0n) is 13.7. The maximum atomic E-state index is 12.9. The van der Waals surface area contributed by atoms with Crippen molar-refractivity contribution in [3.8, 4) is 0 Å². The third kappa shape index (κ3) is 6.12. The molecule has 0 aliphatic rings. The predicted octanol–water partition coefficient (Wildman–Crippen LogP) is 4.84. The van der Waals surface area contributed by atoms with Crippen LogP contribution in [0.2, 0.25) is 0 Å². The van der Waals surface area contributed by atoms with Crippen LogP contribution in [0.3, 0.4) is 0 Å². The lowest BCUT2D eigenvalue weighted by Gasteiger charge is -2.02. The highest BCUT2D eigenvalue weighted by Crippen LogP contribution is 2.28. The second kappa shape index (κ2) is 9.70. The molecule has 26 heavy (non-hydrogen) atoms. The molecule has 1 aromatic heterocycles. The van der Waals surface area contributed by atoms with Crippen molar-refractivity contribution < 1.29 is 9.18 Å². The number of thioether (sulfide) groups is 2. The number of nitrogens with one attached hydrogen (secondary N) is 1. The molecule has 0 unspecified atom stereocenters. The molecular weight excluding hydrogens is 389 g/mol. The molecule has 0 fully saturated rings. The molecule has 134 valence electrons. The van der Waals surface area contributed by atoms with Gasteiger partial charge in [-0.15, -0.1) is 22.0 Å². The first-order chi connectivity index (χ1) is 12.7. The van der Waals surface area contributed by atoms with Gasteiger partial charge in [-0.05, 0) is 23.3 Å². The van der Waals surface area contributed by atoms with E-state index in [0.29, 0.717) is 16.6 Å². The Bertz CT molecular complexity index is 840. The van der Waals surface area contributed by atoms with Gasteiger partial charge in [0.2, 0.25) is 11.0 Å². The van der Waals surface area contributed by atoms with Crippen LogP contribution in [0.4, 0.5) is 9.52 Å². The fourth-order valence-electron chi connectivity index (χ4n) is 2.04. The van der Waals surface area contributed by atoms with E-state index in [1.807, 2.05) is 30.3 Å². The van der Waals surface area contributed by atoms with Crippen LogP contribution in [-0.2, 0) is 16.3 Å². The number of rotatable bonds is 8. The summed E-state index contributed by atoms with van der Waals surface area (Å²) in [7, 11) is 0. The summed E-state index contributed by atoms with van der Waals surface area (Å²) in [5.74, 6) is 1.51. The molecule has 4 nitrogen and oxygen atoms in total. The van der Waals surface area contributed by atoms with Crippen molar-refractivity contribution >= 4 is 45.9 Å². The van der Waals surface area contributed by atoms with E-state index in [4.69, 9.17) is 0 Å². The van der Waals surface area contributed by atoms with E-state index in [0.717, 1.165) is 15.7 Å². The van der Waals surface area contributed by atoms with E-state index in [-0.39, 0.29) is 11.7 Å². The van der Waals surface area contributed by atoms with Crippen molar-refractivity contribution in [1.82, 2.24) is 10.2 Å². The normalized spacial score (nSPS) is 10.7. The Morgan fingerprint density at radius 1 is 1.00 bits per heavy atom. The Kier molecular flexibility index (Phi) is 7.04.